The van der Waals surface area contributed by atoms with Crippen molar-refractivity contribution in [1.29, 1.82) is 0 Å². The fraction of sp³-hybridized carbons (Fsp3) is 0.231. The lowest BCUT2D eigenvalue weighted by Crippen LogP contribution is -2.02. The Hall–Kier alpha value is -1.60. The quantitative estimate of drug-likeness (QED) is 0.638. The summed E-state index contributed by atoms with van der Waals surface area (Å²) in [5.41, 5.74) is 2.82. The Kier molecular flexibility index (Phi) is 4.61. The minimum atomic E-state index is -0.375. The van der Waals surface area contributed by atoms with Gasteiger partial charge in [0, 0.05) is 22.5 Å². The van der Waals surface area contributed by atoms with Crippen molar-refractivity contribution in [3.8, 4) is 5.75 Å². The molecular formula is C13H13BrN2O3S. The van der Waals surface area contributed by atoms with Crippen LogP contribution in [0.15, 0.2) is 28.1 Å². The van der Waals surface area contributed by atoms with Crippen LogP contribution in [0.2, 0.25) is 0 Å². The molecule has 0 fully saturated rings. The predicted molar refractivity (Wildman–Crippen MR) is 83.7 cm³/mol. The molecule has 7 heteroatoms. The monoisotopic (exact) mass is 356 g/mol. The molecule has 0 saturated carbocycles. The first-order valence-corrected chi connectivity index (χ1v) is 7.48. The molecule has 0 amide bonds. The summed E-state index contributed by atoms with van der Waals surface area (Å²) >= 11 is 4.55. The Balaban J connectivity index is 2.16. The van der Waals surface area contributed by atoms with E-state index in [1.165, 1.54) is 0 Å². The zero-order valence-corrected chi connectivity index (χ0v) is 13.4. The fourth-order valence-electron chi connectivity index (χ4n) is 1.84. The molecule has 0 atom stereocenters. The normalized spacial score (nSPS) is 10.3. The van der Waals surface area contributed by atoms with E-state index in [1.54, 1.807) is 18.6 Å². The highest BCUT2D eigenvalue weighted by Crippen LogP contribution is 2.33. The van der Waals surface area contributed by atoms with Gasteiger partial charge in [0.15, 0.2) is 0 Å². The van der Waals surface area contributed by atoms with Crippen molar-refractivity contribution in [3.63, 3.8) is 0 Å². The Bertz CT molecular complexity index is 643. The number of benzene rings is 1. The number of aryl methyl sites for hydroxylation is 1. The largest absolute Gasteiger partial charge is 0.495 e. The summed E-state index contributed by atoms with van der Waals surface area (Å²) < 4.78 is 6.29. The van der Waals surface area contributed by atoms with Gasteiger partial charge in [0.05, 0.1) is 17.7 Å². The van der Waals surface area contributed by atoms with Gasteiger partial charge < -0.3 is 10.1 Å². The van der Waals surface area contributed by atoms with Crippen LogP contribution in [-0.2, 0) is 6.54 Å². The number of nitrogens with zero attached hydrogens (tertiary/aromatic N) is 1. The Morgan fingerprint density at radius 3 is 2.80 bits per heavy atom. The SMILES string of the molecule is COc1cc(Br)cc(C)c1NCc1csc([N+](=O)[O-])c1. The number of anilines is 1. The predicted octanol–water partition coefficient (Wildman–Crippen LogP) is 4.35. The van der Waals surface area contributed by atoms with E-state index in [1.807, 2.05) is 19.1 Å². The third-order valence-electron chi connectivity index (χ3n) is 2.77. The van der Waals surface area contributed by atoms with Gasteiger partial charge in [0.2, 0.25) is 0 Å². The lowest BCUT2D eigenvalue weighted by atomic mass is 10.1. The van der Waals surface area contributed by atoms with Crippen molar-refractivity contribution in [3.05, 3.63) is 49.3 Å². The molecule has 20 heavy (non-hydrogen) atoms. The van der Waals surface area contributed by atoms with Crippen molar-refractivity contribution >= 4 is 38.0 Å². The summed E-state index contributed by atoms with van der Waals surface area (Å²) in [7, 11) is 1.61. The smallest absolute Gasteiger partial charge is 0.324 e. The molecule has 2 rings (SSSR count). The third-order valence-corrected chi connectivity index (χ3v) is 4.16. The number of thiophene rings is 1. The van der Waals surface area contributed by atoms with Crippen molar-refractivity contribution in [2.24, 2.45) is 0 Å². The van der Waals surface area contributed by atoms with Crippen LogP contribution >= 0.6 is 27.3 Å². The van der Waals surface area contributed by atoms with E-state index >= 15 is 0 Å². The van der Waals surface area contributed by atoms with Gasteiger partial charge in [-0.1, -0.05) is 27.3 Å². The van der Waals surface area contributed by atoms with Crippen molar-refractivity contribution in [2.75, 3.05) is 12.4 Å². The number of hydrogen-bond acceptors (Lipinski definition) is 5. The number of nitrogens with one attached hydrogen (secondary N) is 1. The van der Waals surface area contributed by atoms with Gasteiger partial charge in [-0.2, -0.15) is 0 Å². The van der Waals surface area contributed by atoms with Gasteiger partial charge in [-0.25, -0.2) is 0 Å². The van der Waals surface area contributed by atoms with Gasteiger partial charge in [0.1, 0.15) is 5.75 Å². The summed E-state index contributed by atoms with van der Waals surface area (Å²) in [5.74, 6) is 0.738. The molecule has 0 spiro atoms. The average Bonchev–Trinajstić information content (AvgIpc) is 2.85. The van der Waals surface area contributed by atoms with Crippen molar-refractivity contribution in [2.45, 2.75) is 13.5 Å². The summed E-state index contributed by atoms with van der Waals surface area (Å²) in [6.07, 6.45) is 0. The van der Waals surface area contributed by atoms with E-state index in [-0.39, 0.29) is 9.92 Å². The number of nitro groups is 1. The summed E-state index contributed by atoms with van der Waals surface area (Å²) in [6, 6.07) is 5.45. The van der Waals surface area contributed by atoms with Crippen LogP contribution in [0.4, 0.5) is 10.7 Å². The molecule has 106 valence electrons. The summed E-state index contributed by atoms with van der Waals surface area (Å²) in [6.45, 7) is 2.49. The molecule has 1 aromatic heterocycles. The van der Waals surface area contributed by atoms with E-state index in [9.17, 15) is 10.1 Å². The zero-order chi connectivity index (χ0) is 14.7. The molecule has 1 heterocycles. The molecule has 0 aliphatic carbocycles. The molecular weight excluding hydrogens is 344 g/mol. The fourth-order valence-corrected chi connectivity index (χ4v) is 3.12. The second-order valence-corrected chi connectivity index (χ2v) is 6.01. The lowest BCUT2D eigenvalue weighted by Gasteiger charge is -2.14. The molecule has 1 aromatic carbocycles. The van der Waals surface area contributed by atoms with Gasteiger partial charge >= 0.3 is 5.00 Å². The van der Waals surface area contributed by atoms with Gasteiger partial charge in [0.25, 0.3) is 0 Å². The van der Waals surface area contributed by atoms with Crippen LogP contribution in [0.5, 0.6) is 5.75 Å². The number of methoxy groups -OCH3 is 1. The van der Waals surface area contributed by atoms with E-state index in [2.05, 4.69) is 21.2 Å². The molecule has 0 bridgehead atoms. The summed E-state index contributed by atoms with van der Waals surface area (Å²) in [4.78, 5) is 10.3. The lowest BCUT2D eigenvalue weighted by molar-refractivity contribution is -0.380. The second-order valence-electron chi connectivity index (χ2n) is 4.20. The van der Waals surface area contributed by atoms with Crippen molar-refractivity contribution < 1.29 is 9.66 Å². The Morgan fingerprint density at radius 2 is 2.20 bits per heavy atom. The molecule has 5 nitrogen and oxygen atoms in total. The van der Waals surface area contributed by atoms with Gasteiger partial charge in [-0.15, -0.1) is 0 Å². The van der Waals surface area contributed by atoms with Gasteiger partial charge in [-0.3, -0.25) is 10.1 Å². The first-order valence-electron chi connectivity index (χ1n) is 5.81. The molecule has 0 saturated heterocycles. The van der Waals surface area contributed by atoms with E-state index < -0.39 is 0 Å². The van der Waals surface area contributed by atoms with E-state index in [0.29, 0.717) is 6.54 Å². The maximum atomic E-state index is 10.7. The number of halogens is 1. The summed E-state index contributed by atoms with van der Waals surface area (Å²) in [5, 5.41) is 15.9. The Labute approximate surface area is 128 Å². The van der Waals surface area contributed by atoms with E-state index in [0.717, 1.165) is 38.4 Å². The van der Waals surface area contributed by atoms with Crippen LogP contribution in [0, 0.1) is 17.0 Å². The van der Waals surface area contributed by atoms with Crippen LogP contribution < -0.4 is 10.1 Å². The van der Waals surface area contributed by atoms with Crippen LogP contribution in [0.1, 0.15) is 11.1 Å². The maximum absolute atomic E-state index is 10.7. The van der Waals surface area contributed by atoms with E-state index in [4.69, 9.17) is 4.74 Å². The maximum Gasteiger partial charge on any atom is 0.324 e. The highest BCUT2D eigenvalue weighted by atomic mass is 79.9. The van der Waals surface area contributed by atoms with Crippen LogP contribution in [-0.4, -0.2) is 12.0 Å². The number of rotatable bonds is 5. The molecule has 1 N–H and O–H groups in total. The van der Waals surface area contributed by atoms with Gasteiger partial charge in [-0.05, 0) is 30.2 Å². The third kappa shape index (κ3) is 3.29. The first kappa shape index (κ1) is 14.8. The highest BCUT2D eigenvalue weighted by Gasteiger charge is 2.11. The Morgan fingerprint density at radius 1 is 1.45 bits per heavy atom. The number of ether oxygens (including phenoxy) is 1. The van der Waals surface area contributed by atoms with Crippen molar-refractivity contribution in [1.82, 2.24) is 0 Å². The minimum absolute atomic E-state index is 0.154. The topological polar surface area (TPSA) is 64.4 Å². The standard InChI is InChI=1S/C13H13BrN2O3S/c1-8-3-10(14)5-11(19-2)13(8)15-6-9-4-12(16(17)18)20-7-9/h3-5,7,15H,6H2,1-2H3. The van der Waals surface area contributed by atoms with Crippen LogP contribution in [0.3, 0.4) is 0 Å². The minimum Gasteiger partial charge on any atom is -0.495 e. The highest BCUT2D eigenvalue weighted by molar-refractivity contribution is 9.10. The van der Waals surface area contributed by atoms with Crippen LogP contribution in [0.25, 0.3) is 0 Å². The number of hydrogen-bond donors (Lipinski definition) is 1. The first-order chi connectivity index (χ1) is 9.51. The molecule has 0 aliphatic rings. The molecule has 0 radical (unpaired) electrons. The molecule has 2 aromatic rings. The zero-order valence-electron chi connectivity index (χ0n) is 11.0. The second kappa shape index (κ2) is 6.23. The average molecular weight is 357 g/mol. The molecule has 0 unspecified atom stereocenters. The molecule has 0 aliphatic heterocycles.